The fraction of sp³-hybridized carbons (Fsp3) is 0.278. The van der Waals surface area contributed by atoms with E-state index in [1.807, 2.05) is 0 Å². The van der Waals surface area contributed by atoms with Crippen molar-refractivity contribution in [3.05, 3.63) is 63.0 Å². The van der Waals surface area contributed by atoms with Gasteiger partial charge in [-0.15, -0.1) is 0 Å². The van der Waals surface area contributed by atoms with Crippen molar-refractivity contribution in [2.24, 2.45) is 0 Å². The van der Waals surface area contributed by atoms with Crippen LogP contribution in [0, 0.1) is 0 Å². The van der Waals surface area contributed by atoms with E-state index in [-0.39, 0.29) is 17.6 Å². The number of aromatic nitrogens is 1. The van der Waals surface area contributed by atoms with Crippen LogP contribution in [-0.2, 0) is 17.5 Å². The van der Waals surface area contributed by atoms with Crippen LogP contribution in [0.1, 0.15) is 28.8 Å². The molecule has 1 aliphatic carbocycles. The molecule has 0 spiro atoms. The first-order valence-corrected chi connectivity index (χ1v) is 8.69. The number of rotatable bonds is 5. The van der Waals surface area contributed by atoms with Gasteiger partial charge < -0.3 is 15.2 Å². The molecule has 1 fully saturated rings. The van der Waals surface area contributed by atoms with Crippen LogP contribution in [0.4, 0.5) is 18.9 Å². The van der Waals surface area contributed by atoms with Crippen LogP contribution < -0.4 is 16.2 Å². The number of amides is 2. The Morgan fingerprint density at radius 3 is 2.57 bits per heavy atom. The molecular weight excluding hydrogens is 399 g/mol. The fourth-order valence-corrected chi connectivity index (χ4v) is 2.69. The first-order valence-electron chi connectivity index (χ1n) is 8.31. The van der Waals surface area contributed by atoms with Gasteiger partial charge in [-0.05, 0) is 37.1 Å². The van der Waals surface area contributed by atoms with E-state index in [9.17, 15) is 27.6 Å². The normalized spacial score (nSPS) is 13.9. The molecule has 0 saturated heterocycles. The second-order valence-corrected chi connectivity index (χ2v) is 6.79. The molecule has 10 heteroatoms. The van der Waals surface area contributed by atoms with Gasteiger partial charge in [-0.3, -0.25) is 14.4 Å². The topological polar surface area (TPSA) is 80.2 Å². The maximum Gasteiger partial charge on any atom is 0.417 e. The Kier molecular flexibility index (Phi) is 5.46. The van der Waals surface area contributed by atoms with Crippen molar-refractivity contribution in [2.45, 2.75) is 31.6 Å². The highest BCUT2D eigenvalue weighted by Crippen LogP contribution is 2.29. The molecule has 3 rings (SSSR count). The van der Waals surface area contributed by atoms with Crippen LogP contribution in [0.15, 0.2) is 41.3 Å². The first-order chi connectivity index (χ1) is 13.1. The summed E-state index contributed by atoms with van der Waals surface area (Å²) in [6.07, 6.45) is -2.32. The summed E-state index contributed by atoms with van der Waals surface area (Å²) in [7, 11) is 0. The number of halogens is 4. The maximum atomic E-state index is 12.9. The zero-order valence-electron chi connectivity index (χ0n) is 14.3. The zero-order valence-corrected chi connectivity index (χ0v) is 15.1. The number of benzene rings is 1. The second-order valence-electron chi connectivity index (χ2n) is 6.38. The van der Waals surface area contributed by atoms with Crippen LogP contribution >= 0.6 is 11.6 Å². The molecule has 1 aromatic heterocycles. The summed E-state index contributed by atoms with van der Waals surface area (Å²) < 4.78 is 39.2. The predicted molar refractivity (Wildman–Crippen MR) is 96.3 cm³/mol. The van der Waals surface area contributed by atoms with Crippen LogP contribution in [0.2, 0.25) is 5.02 Å². The van der Waals surface area contributed by atoms with Crippen molar-refractivity contribution in [1.29, 1.82) is 0 Å². The Labute approximate surface area is 162 Å². The Morgan fingerprint density at radius 1 is 1.21 bits per heavy atom. The van der Waals surface area contributed by atoms with Gasteiger partial charge in [0.05, 0.1) is 5.56 Å². The number of nitrogens with one attached hydrogen (secondary N) is 2. The quantitative estimate of drug-likeness (QED) is 0.790. The van der Waals surface area contributed by atoms with Crippen molar-refractivity contribution >= 4 is 29.1 Å². The van der Waals surface area contributed by atoms with Gasteiger partial charge in [0.2, 0.25) is 5.91 Å². The number of hydrogen-bond donors (Lipinski definition) is 2. The maximum absolute atomic E-state index is 12.9. The van der Waals surface area contributed by atoms with Crippen molar-refractivity contribution in [3.8, 4) is 0 Å². The molecule has 0 atom stereocenters. The molecule has 0 aliphatic heterocycles. The van der Waals surface area contributed by atoms with E-state index >= 15 is 0 Å². The summed E-state index contributed by atoms with van der Waals surface area (Å²) in [4.78, 5) is 36.1. The fourth-order valence-electron chi connectivity index (χ4n) is 2.46. The van der Waals surface area contributed by atoms with Gasteiger partial charge in [0.15, 0.2) is 0 Å². The van der Waals surface area contributed by atoms with Crippen molar-refractivity contribution in [1.82, 2.24) is 9.88 Å². The molecular formula is C18H15ClF3N3O3. The highest BCUT2D eigenvalue weighted by Gasteiger charge is 2.32. The van der Waals surface area contributed by atoms with Gasteiger partial charge in [0.1, 0.15) is 11.6 Å². The summed E-state index contributed by atoms with van der Waals surface area (Å²) in [6.45, 7) is -0.666. The molecule has 2 aromatic rings. The highest BCUT2D eigenvalue weighted by atomic mass is 35.5. The number of alkyl halides is 3. The zero-order chi connectivity index (χ0) is 20.5. The minimum atomic E-state index is -4.71. The standard InChI is InChI=1S/C18H15ClF3N3O3/c19-14-7-11(18(20,21)22)8-25(17(14)28)9-15(26)23-13-3-1-2-10(6-13)16(27)24-12-4-5-12/h1-3,6-8,12H,4-5,9H2,(H,23,26)(H,24,27). The van der Waals surface area contributed by atoms with Gasteiger partial charge in [-0.25, -0.2) is 0 Å². The summed E-state index contributed by atoms with van der Waals surface area (Å²) >= 11 is 5.56. The molecule has 0 radical (unpaired) electrons. The van der Waals surface area contributed by atoms with Crippen molar-refractivity contribution in [3.63, 3.8) is 0 Å². The lowest BCUT2D eigenvalue weighted by Gasteiger charge is -2.12. The van der Waals surface area contributed by atoms with Crippen LogP contribution in [-0.4, -0.2) is 22.4 Å². The highest BCUT2D eigenvalue weighted by molar-refractivity contribution is 6.30. The monoisotopic (exact) mass is 413 g/mol. The Hall–Kier alpha value is -2.81. The van der Waals surface area contributed by atoms with Gasteiger partial charge in [-0.1, -0.05) is 17.7 Å². The summed E-state index contributed by atoms with van der Waals surface area (Å²) in [5.41, 5.74) is -1.44. The second kappa shape index (κ2) is 7.67. The lowest BCUT2D eigenvalue weighted by atomic mass is 10.2. The van der Waals surface area contributed by atoms with E-state index in [0.29, 0.717) is 22.4 Å². The van der Waals surface area contributed by atoms with E-state index in [4.69, 9.17) is 11.6 Å². The molecule has 6 nitrogen and oxygen atoms in total. The minimum Gasteiger partial charge on any atom is -0.349 e. The van der Waals surface area contributed by atoms with Gasteiger partial charge >= 0.3 is 6.18 Å². The van der Waals surface area contributed by atoms with E-state index in [2.05, 4.69) is 10.6 Å². The van der Waals surface area contributed by atoms with E-state index in [0.717, 1.165) is 12.8 Å². The molecule has 1 heterocycles. The Bertz CT molecular complexity index is 984. The van der Waals surface area contributed by atoms with Gasteiger partial charge in [0, 0.05) is 23.5 Å². The Balaban J connectivity index is 1.73. The number of pyridine rings is 1. The van der Waals surface area contributed by atoms with E-state index in [1.54, 1.807) is 12.1 Å². The Morgan fingerprint density at radius 2 is 1.93 bits per heavy atom. The third-order valence-corrected chi connectivity index (χ3v) is 4.28. The molecule has 0 bridgehead atoms. The molecule has 1 aliphatic rings. The molecule has 148 valence electrons. The molecule has 1 aromatic carbocycles. The molecule has 0 unspecified atom stereocenters. The summed E-state index contributed by atoms with van der Waals surface area (Å²) in [6, 6.07) is 6.78. The number of carbonyl (C=O) groups excluding carboxylic acids is 2. The van der Waals surface area contributed by atoms with Gasteiger partial charge in [0.25, 0.3) is 11.5 Å². The van der Waals surface area contributed by atoms with Crippen LogP contribution in [0.25, 0.3) is 0 Å². The lowest BCUT2D eigenvalue weighted by Crippen LogP contribution is -2.29. The molecule has 2 N–H and O–H groups in total. The average molecular weight is 414 g/mol. The van der Waals surface area contributed by atoms with Crippen LogP contribution in [0.5, 0.6) is 0 Å². The van der Waals surface area contributed by atoms with Crippen molar-refractivity contribution in [2.75, 3.05) is 5.32 Å². The van der Waals surface area contributed by atoms with E-state index in [1.165, 1.54) is 12.1 Å². The summed E-state index contributed by atoms with van der Waals surface area (Å²) in [5.74, 6) is -1.02. The predicted octanol–water partition coefficient (Wildman–Crippen LogP) is 3.05. The molecule has 28 heavy (non-hydrogen) atoms. The minimum absolute atomic E-state index is 0.170. The van der Waals surface area contributed by atoms with Gasteiger partial charge in [-0.2, -0.15) is 13.2 Å². The first kappa shape index (κ1) is 19.9. The number of hydrogen-bond acceptors (Lipinski definition) is 3. The summed E-state index contributed by atoms with van der Waals surface area (Å²) in [5, 5.41) is 4.63. The third-order valence-electron chi connectivity index (χ3n) is 4.00. The largest absolute Gasteiger partial charge is 0.417 e. The molecule has 2 amide bonds. The number of anilines is 1. The third kappa shape index (κ3) is 4.92. The van der Waals surface area contributed by atoms with Crippen LogP contribution in [0.3, 0.4) is 0 Å². The lowest BCUT2D eigenvalue weighted by molar-refractivity contribution is -0.138. The average Bonchev–Trinajstić information content (AvgIpc) is 3.42. The smallest absolute Gasteiger partial charge is 0.349 e. The molecule has 1 saturated carbocycles. The van der Waals surface area contributed by atoms with Crippen molar-refractivity contribution < 1.29 is 22.8 Å². The SMILES string of the molecule is O=C(Cn1cc(C(F)(F)F)cc(Cl)c1=O)Nc1cccc(C(=O)NC2CC2)c1. The number of carbonyl (C=O) groups is 2. The number of nitrogens with zero attached hydrogens (tertiary/aromatic N) is 1. The van der Waals surface area contributed by atoms with E-state index < -0.39 is 34.8 Å².